The van der Waals surface area contributed by atoms with Gasteiger partial charge in [-0.3, -0.25) is 0 Å². The number of rotatable bonds is 7. The second kappa shape index (κ2) is 13.4. The first kappa shape index (κ1) is 30.7. The summed E-state index contributed by atoms with van der Waals surface area (Å²) in [4.78, 5) is 14.9. The van der Waals surface area contributed by atoms with Crippen LogP contribution < -0.4 is 9.80 Å². The molecule has 4 aromatic rings. The molecule has 234 valence electrons. The van der Waals surface area contributed by atoms with Gasteiger partial charge in [0.05, 0.1) is 37.3 Å². The van der Waals surface area contributed by atoms with Crippen LogP contribution in [0.25, 0.3) is 0 Å². The quantitative estimate of drug-likeness (QED) is 0.147. The highest BCUT2D eigenvalue weighted by molar-refractivity contribution is 9.10. The molecule has 0 bridgehead atoms. The van der Waals surface area contributed by atoms with Crippen LogP contribution in [0.15, 0.2) is 82.4 Å². The van der Waals surface area contributed by atoms with Crippen molar-refractivity contribution in [3.63, 3.8) is 0 Å². The number of thioether (sulfide) groups is 1. The van der Waals surface area contributed by atoms with Crippen LogP contribution in [-0.2, 0) is 45.9 Å². The molecule has 7 nitrogen and oxygen atoms in total. The van der Waals surface area contributed by atoms with E-state index >= 15 is 0 Å². The number of ether oxygens (including phenoxy) is 3. The van der Waals surface area contributed by atoms with Crippen LogP contribution in [0.3, 0.4) is 0 Å². The molecule has 4 heterocycles. The lowest BCUT2D eigenvalue weighted by molar-refractivity contribution is -0.148. The van der Waals surface area contributed by atoms with E-state index in [4.69, 9.17) is 24.2 Å². The van der Waals surface area contributed by atoms with E-state index in [0.29, 0.717) is 26.2 Å². The monoisotopic (exact) mass is 686 g/mol. The Morgan fingerprint density at radius 3 is 2.40 bits per heavy atom. The summed E-state index contributed by atoms with van der Waals surface area (Å²) >= 11 is 5.74. The summed E-state index contributed by atoms with van der Waals surface area (Å²) in [6, 6.07) is 25.8. The van der Waals surface area contributed by atoms with Gasteiger partial charge in [0, 0.05) is 54.8 Å². The molecule has 0 N–H and O–H groups in total. The van der Waals surface area contributed by atoms with Crippen LogP contribution in [0.1, 0.15) is 53.0 Å². The standard InChI is InChI=1S/C36H39BrN4O3S/c1-25-28-14-15-31(41(21-26-10-5-3-6-11-26)22-27-12-7-4-8-13-27)33(37)32(28)36(24-43-25)20-30-29(23-44-36)34(39-35(38-30)45-2)40-16-9-18-42-19-17-40/h3-8,10-15,25H,9,16-24H2,1-2H3/t25-,36-/m1/s1. The minimum atomic E-state index is -0.669. The Bertz CT molecular complexity index is 1590. The zero-order chi connectivity index (χ0) is 30.8. The molecule has 45 heavy (non-hydrogen) atoms. The van der Waals surface area contributed by atoms with Gasteiger partial charge in [-0.25, -0.2) is 9.97 Å². The van der Waals surface area contributed by atoms with Gasteiger partial charge in [0.25, 0.3) is 0 Å². The van der Waals surface area contributed by atoms with E-state index in [1.807, 2.05) is 6.26 Å². The van der Waals surface area contributed by atoms with Crippen LogP contribution >= 0.6 is 27.7 Å². The fourth-order valence-electron chi connectivity index (χ4n) is 6.77. The molecule has 1 fully saturated rings. The third-order valence-corrected chi connectivity index (χ3v) is 10.4. The van der Waals surface area contributed by atoms with E-state index in [2.05, 4.69) is 105 Å². The smallest absolute Gasteiger partial charge is 0.189 e. The maximum Gasteiger partial charge on any atom is 0.189 e. The molecule has 0 unspecified atom stereocenters. The third kappa shape index (κ3) is 6.25. The van der Waals surface area contributed by atoms with Crippen molar-refractivity contribution in [2.45, 2.75) is 56.3 Å². The first-order chi connectivity index (χ1) is 22.0. The van der Waals surface area contributed by atoms with Crippen molar-refractivity contribution >= 4 is 39.2 Å². The van der Waals surface area contributed by atoms with Crippen molar-refractivity contribution in [2.24, 2.45) is 0 Å². The van der Waals surface area contributed by atoms with E-state index in [1.165, 1.54) is 16.7 Å². The molecule has 0 aliphatic carbocycles. The summed E-state index contributed by atoms with van der Waals surface area (Å²) in [6.07, 6.45) is 3.60. The average molecular weight is 688 g/mol. The Labute approximate surface area is 278 Å². The van der Waals surface area contributed by atoms with E-state index in [0.717, 1.165) is 77.2 Å². The highest BCUT2D eigenvalue weighted by Crippen LogP contribution is 2.50. The van der Waals surface area contributed by atoms with Crippen molar-refractivity contribution in [1.82, 2.24) is 9.97 Å². The van der Waals surface area contributed by atoms with Crippen molar-refractivity contribution in [2.75, 3.05) is 49.0 Å². The van der Waals surface area contributed by atoms with E-state index in [1.54, 1.807) is 11.8 Å². The molecule has 3 aliphatic rings. The van der Waals surface area contributed by atoms with Gasteiger partial charge in [0.15, 0.2) is 5.16 Å². The summed E-state index contributed by atoms with van der Waals surface area (Å²) in [5.74, 6) is 0.986. The zero-order valence-corrected chi connectivity index (χ0v) is 28.3. The Hall–Kier alpha value is -2.95. The highest BCUT2D eigenvalue weighted by Gasteiger charge is 2.47. The summed E-state index contributed by atoms with van der Waals surface area (Å²) in [7, 11) is 0. The fourth-order valence-corrected chi connectivity index (χ4v) is 8.12. The SMILES string of the molecule is CSc1nc2c(c(N3CCCOCC3)n1)CO[C@@]1(CO[C@H](C)c3ccc(N(Cc4ccccc4)Cc4ccccc4)c(Br)c31)C2. The van der Waals surface area contributed by atoms with Gasteiger partial charge in [-0.05, 0) is 58.3 Å². The first-order valence-corrected chi connectivity index (χ1v) is 17.7. The molecule has 3 aromatic carbocycles. The van der Waals surface area contributed by atoms with Gasteiger partial charge in [0.1, 0.15) is 11.4 Å². The molecule has 0 radical (unpaired) electrons. The lowest BCUT2D eigenvalue weighted by Gasteiger charge is -2.45. The van der Waals surface area contributed by atoms with Crippen molar-refractivity contribution < 1.29 is 14.2 Å². The second-order valence-electron chi connectivity index (χ2n) is 12.0. The molecule has 0 amide bonds. The molecular formula is C36H39BrN4O3S. The molecule has 2 atom stereocenters. The van der Waals surface area contributed by atoms with Crippen LogP contribution in [-0.4, -0.2) is 49.1 Å². The van der Waals surface area contributed by atoms with E-state index in [9.17, 15) is 0 Å². The molecule has 9 heteroatoms. The molecule has 7 rings (SSSR count). The highest BCUT2D eigenvalue weighted by atomic mass is 79.9. The minimum absolute atomic E-state index is 0.0440. The van der Waals surface area contributed by atoms with E-state index < -0.39 is 5.60 Å². The van der Waals surface area contributed by atoms with Gasteiger partial charge >= 0.3 is 0 Å². The van der Waals surface area contributed by atoms with Crippen molar-refractivity contribution in [3.05, 3.63) is 111 Å². The average Bonchev–Trinajstić information content (AvgIpc) is 3.36. The molecule has 1 spiro atoms. The zero-order valence-electron chi connectivity index (χ0n) is 25.9. The summed E-state index contributed by atoms with van der Waals surface area (Å²) in [5, 5.41) is 0.793. The molecule has 0 saturated carbocycles. The third-order valence-electron chi connectivity index (χ3n) is 9.09. The number of nitrogens with zero attached hydrogens (tertiary/aromatic N) is 4. The summed E-state index contributed by atoms with van der Waals surface area (Å²) in [5.41, 5.74) is 7.46. The maximum atomic E-state index is 6.98. The fraction of sp³-hybridized carbons (Fsp3) is 0.389. The van der Waals surface area contributed by atoms with Crippen LogP contribution in [0.4, 0.5) is 11.5 Å². The molecule has 1 aromatic heterocycles. The Morgan fingerprint density at radius 2 is 1.69 bits per heavy atom. The van der Waals surface area contributed by atoms with Crippen LogP contribution in [0.5, 0.6) is 0 Å². The second-order valence-corrected chi connectivity index (χ2v) is 13.6. The Balaban J connectivity index is 1.30. The lowest BCUT2D eigenvalue weighted by Crippen LogP contribution is -2.46. The van der Waals surface area contributed by atoms with E-state index in [-0.39, 0.29) is 6.10 Å². The molecule has 1 saturated heterocycles. The van der Waals surface area contributed by atoms with Gasteiger partial charge in [-0.1, -0.05) is 78.5 Å². The van der Waals surface area contributed by atoms with Gasteiger partial charge in [0.2, 0.25) is 0 Å². The molecular weight excluding hydrogens is 648 g/mol. The van der Waals surface area contributed by atoms with Crippen molar-refractivity contribution in [3.8, 4) is 0 Å². The number of fused-ring (bicyclic) bond motifs is 3. The Kier molecular flexibility index (Phi) is 9.15. The number of halogens is 1. The van der Waals surface area contributed by atoms with Crippen LogP contribution in [0.2, 0.25) is 0 Å². The minimum Gasteiger partial charge on any atom is -0.380 e. The summed E-state index contributed by atoms with van der Waals surface area (Å²) < 4.78 is 20.2. The number of anilines is 2. The van der Waals surface area contributed by atoms with Crippen LogP contribution in [0, 0.1) is 0 Å². The van der Waals surface area contributed by atoms with Gasteiger partial charge in [-0.15, -0.1) is 0 Å². The Morgan fingerprint density at radius 1 is 0.956 bits per heavy atom. The number of hydrogen-bond acceptors (Lipinski definition) is 8. The number of aromatic nitrogens is 2. The first-order valence-electron chi connectivity index (χ1n) is 15.7. The predicted molar refractivity (Wildman–Crippen MR) is 183 cm³/mol. The summed E-state index contributed by atoms with van der Waals surface area (Å²) in [6.45, 7) is 7.81. The number of benzene rings is 3. The van der Waals surface area contributed by atoms with Gasteiger partial charge < -0.3 is 24.0 Å². The predicted octanol–water partition coefficient (Wildman–Crippen LogP) is 7.45. The lowest BCUT2D eigenvalue weighted by atomic mass is 9.80. The van der Waals surface area contributed by atoms with Gasteiger partial charge in [-0.2, -0.15) is 0 Å². The largest absolute Gasteiger partial charge is 0.380 e. The normalized spacial score (nSPS) is 21.2. The maximum absolute atomic E-state index is 6.98. The number of hydrogen-bond donors (Lipinski definition) is 0. The van der Waals surface area contributed by atoms with Crippen molar-refractivity contribution in [1.29, 1.82) is 0 Å². The molecule has 3 aliphatic heterocycles. The topological polar surface area (TPSA) is 60.0 Å².